The lowest BCUT2D eigenvalue weighted by molar-refractivity contribution is 0.198. The van der Waals surface area contributed by atoms with Gasteiger partial charge in [-0.05, 0) is 28.1 Å². The van der Waals surface area contributed by atoms with Crippen LogP contribution in [0.1, 0.15) is 0 Å². The van der Waals surface area contributed by atoms with Gasteiger partial charge in [0.2, 0.25) is 0 Å². The van der Waals surface area contributed by atoms with Crippen molar-refractivity contribution < 1.29 is 9.53 Å². The molecular formula is C8H7BrN4O2. The van der Waals surface area contributed by atoms with Gasteiger partial charge in [0.1, 0.15) is 0 Å². The van der Waals surface area contributed by atoms with Crippen LogP contribution in [0, 0.1) is 0 Å². The number of hydrogen-bond donors (Lipinski definition) is 1. The number of amides is 1. The Balaban J connectivity index is 2.45. The smallest absolute Gasteiger partial charge is 0.374 e. The fourth-order valence-electron chi connectivity index (χ4n) is 1.07. The Hall–Kier alpha value is -1.63. The van der Waals surface area contributed by atoms with Crippen LogP contribution in [0.4, 0.5) is 4.79 Å². The molecule has 6 nitrogen and oxygen atoms in total. The van der Waals surface area contributed by atoms with Crippen LogP contribution in [0.5, 0.6) is 6.01 Å². The van der Waals surface area contributed by atoms with Crippen molar-refractivity contribution in [3.8, 4) is 6.01 Å². The number of rotatable bonds is 1. The van der Waals surface area contributed by atoms with Crippen molar-refractivity contribution in [2.24, 2.45) is 0 Å². The van der Waals surface area contributed by atoms with Gasteiger partial charge in [0.05, 0.1) is 4.47 Å². The highest BCUT2D eigenvalue weighted by Crippen LogP contribution is 2.19. The number of nitrogens with one attached hydrogen (secondary N) is 1. The van der Waals surface area contributed by atoms with Gasteiger partial charge in [-0.25, -0.2) is 4.79 Å². The predicted octanol–water partition coefficient (Wildman–Crippen LogP) is 1.21. The zero-order valence-corrected chi connectivity index (χ0v) is 9.35. The molecule has 0 atom stereocenters. The van der Waals surface area contributed by atoms with Gasteiger partial charge >= 0.3 is 12.1 Å². The molecule has 0 spiro atoms. The van der Waals surface area contributed by atoms with Gasteiger partial charge in [-0.15, -0.1) is 5.10 Å². The first kappa shape index (κ1) is 9.91. The Morgan fingerprint density at radius 3 is 3.13 bits per heavy atom. The van der Waals surface area contributed by atoms with Crippen LogP contribution in [0.15, 0.2) is 22.8 Å². The van der Waals surface area contributed by atoms with Crippen molar-refractivity contribution in [3.63, 3.8) is 0 Å². The highest BCUT2D eigenvalue weighted by Gasteiger charge is 2.11. The summed E-state index contributed by atoms with van der Waals surface area (Å²) >= 11 is 3.31. The maximum atomic E-state index is 11.0. The highest BCUT2D eigenvalue weighted by molar-refractivity contribution is 9.10. The third kappa shape index (κ3) is 1.78. The van der Waals surface area contributed by atoms with E-state index in [9.17, 15) is 4.79 Å². The van der Waals surface area contributed by atoms with Crippen LogP contribution in [0.25, 0.3) is 5.65 Å². The zero-order valence-electron chi connectivity index (χ0n) is 7.77. The number of ether oxygens (including phenoxy) is 1. The Morgan fingerprint density at radius 1 is 1.60 bits per heavy atom. The fraction of sp³-hybridized carbons (Fsp3) is 0.125. The lowest BCUT2D eigenvalue weighted by Crippen LogP contribution is -2.23. The van der Waals surface area contributed by atoms with E-state index in [1.807, 2.05) is 6.07 Å². The third-order valence-electron chi connectivity index (χ3n) is 1.74. The number of fused-ring (bicyclic) bond motifs is 1. The summed E-state index contributed by atoms with van der Waals surface area (Å²) < 4.78 is 7.24. The Bertz CT molecular complexity index is 510. The number of nitrogens with zero attached hydrogens (tertiary/aromatic N) is 3. The van der Waals surface area contributed by atoms with Crippen LogP contribution in [0.3, 0.4) is 0 Å². The van der Waals surface area contributed by atoms with Crippen LogP contribution >= 0.6 is 15.9 Å². The quantitative estimate of drug-likeness (QED) is 0.846. The van der Waals surface area contributed by atoms with Gasteiger partial charge in [0.25, 0.3) is 0 Å². The maximum absolute atomic E-state index is 11.0. The molecule has 2 heterocycles. The largest absolute Gasteiger partial charge is 0.414 e. The van der Waals surface area contributed by atoms with Gasteiger partial charge in [0.15, 0.2) is 5.65 Å². The first-order valence-electron chi connectivity index (χ1n) is 4.11. The minimum absolute atomic E-state index is 0.130. The highest BCUT2D eigenvalue weighted by atomic mass is 79.9. The molecule has 0 aliphatic carbocycles. The van der Waals surface area contributed by atoms with Crippen molar-refractivity contribution in [1.29, 1.82) is 0 Å². The number of carbonyl (C=O) groups is 1. The standard InChI is InChI=1S/C8H7BrN4O2/c1-10-8(14)15-7-12-11-6-5(9)3-2-4-13(6)7/h2-4H,1H3,(H,10,14). The number of aromatic nitrogens is 3. The van der Waals surface area contributed by atoms with E-state index >= 15 is 0 Å². The van der Waals surface area contributed by atoms with Crippen molar-refractivity contribution in [2.45, 2.75) is 0 Å². The molecular weight excluding hydrogens is 264 g/mol. The number of pyridine rings is 1. The predicted molar refractivity (Wildman–Crippen MR) is 55.8 cm³/mol. The number of halogens is 1. The molecule has 0 saturated heterocycles. The van der Waals surface area contributed by atoms with Gasteiger partial charge in [0, 0.05) is 13.2 Å². The molecule has 1 N–H and O–H groups in total. The molecule has 0 unspecified atom stereocenters. The normalized spacial score (nSPS) is 10.3. The zero-order chi connectivity index (χ0) is 10.8. The summed E-state index contributed by atoms with van der Waals surface area (Å²) in [4.78, 5) is 11.0. The van der Waals surface area contributed by atoms with E-state index in [4.69, 9.17) is 4.74 Å². The monoisotopic (exact) mass is 270 g/mol. The van der Waals surface area contributed by atoms with E-state index in [1.165, 1.54) is 7.05 Å². The first-order chi connectivity index (χ1) is 7.22. The minimum atomic E-state index is -0.579. The Kier molecular flexibility index (Phi) is 2.55. The Morgan fingerprint density at radius 2 is 2.40 bits per heavy atom. The van der Waals surface area contributed by atoms with Crippen molar-refractivity contribution in [3.05, 3.63) is 22.8 Å². The molecule has 15 heavy (non-hydrogen) atoms. The van der Waals surface area contributed by atoms with Gasteiger partial charge in [-0.2, -0.15) is 0 Å². The lowest BCUT2D eigenvalue weighted by Gasteiger charge is -2.00. The minimum Gasteiger partial charge on any atom is -0.374 e. The molecule has 0 fully saturated rings. The molecule has 0 radical (unpaired) electrons. The summed E-state index contributed by atoms with van der Waals surface area (Å²) in [6, 6.07) is 3.75. The van der Waals surface area contributed by atoms with Crippen LogP contribution in [-0.2, 0) is 0 Å². The molecule has 0 bridgehead atoms. The molecule has 0 aliphatic heterocycles. The summed E-state index contributed by atoms with van der Waals surface area (Å²) in [7, 11) is 1.47. The molecule has 0 aliphatic rings. The molecule has 78 valence electrons. The summed E-state index contributed by atoms with van der Waals surface area (Å²) in [5, 5.41) is 9.94. The average Bonchev–Trinajstić information content (AvgIpc) is 2.63. The summed E-state index contributed by atoms with van der Waals surface area (Å²) in [5.74, 6) is 0. The molecule has 0 aromatic carbocycles. The molecule has 2 rings (SSSR count). The SMILES string of the molecule is CNC(=O)Oc1nnc2c(Br)cccn12. The first-order valence-corrected chi connectivity index (χ1v) is 4.90. The van der Waals surface area contributed by atoms with Crippen LogP contribution in [-0.4, -0.2) is 27.7 Å². The van der Waals surface area contributed by atoms with E-state index in [0.29, 0.717) is 5.65 Å². The lowest BCUT2D eigenvalue weighted by atomic mass is 10.5. The van der Waals surface area contributed by atoms with Gasteiger partial charge in [-0.1, -0.05) is 5.10 Å². The molecule has 2 aromatic heterocycles. The number of hydrogen-bond acceptors (Lipinski definition) is 4. The van der Waals surface area contributed by atoms with Crippen LogP contribution in [0.2, 0.25) is 0 Å². The van der Waals surface area contributed by atoms with Crippen LogP contribution < -0.4 is 10.1 Å². The van der Waals surface area contributed by atoms with Crippen molar-refractivity contribution >= 4 is 27.7 Å². The maximum Gasteiger partial charge on any atom is 0.414 e. The van der Waals surface area contributed by atoms with E-state index in [0.717, 1.165) is 4.47 Å². The van der Waals surface area contributed by atoms with Gasteiger partial charge < -0.3 is 10.1 Å². The van der Waals surface area contributed by atoms with Crippen molar-refractivity contribution in [2.75, 3.05) is 7.05 Å². The fourth-order valence-corrected chi connectivity index (χ4v) is 1.49. The molecule has 1 amide bonds. The number of carbonyl (C=O) groups excluding carboxylic acids is 1. The van der Waals surface area contributed by atoms with E-state index < -0.39 is 6.09 Å². The van der Waals surface area contributed by atoms with E-state index in [2.05, 4.69) is 31.4 Å². The van der Waals surface area contributed by atoms with Gasteiger partial charge in [-0.3, -0.25) is 4.40 Å². The summed E-state index contributed by atoms with van der Waals surface area (Å²) in [6.07, 6.45) is 1.13. The van der Waals surface area contributed by atoms with E-state index in [-0.39, 0.29) is 6.01 Å². The second-order valence-electron chi connectivity index (χ2n) is 2.67. The average molecular weight is 271 g/mol. The Labute approximate surface area is 93.4 Å². The second-order valence-corrected chi connectivity index (χ2v) is 3.53. The third-order valence-corrected chi connectivity index (χ3v) is 2.36. The second kappa shape index (κ2) is 3.85. The summed E-state index contributed by atoms with van der Waals surface area (Å²) in [6.45, 7) is 0. The summed E-state index contributed by atoms with van der Waals surface area (Å²) in [5.41, 5.74) is 0.594. The molecule has 0 saturated carbocycles. The molecule has 7 heteroatoms. The van der Waals surface area contributed by atoms with E-state index in [1.54, 1.807) is 16.7 Å². The van der Waals surface area contributed by atoms with Crippen molar-refractivity contribution in [1.82, 2.24) is 19.9 Å². The molecule has 2 aromatic rings. The topological polar surface area (TPSA) is 68.5 Å².